The van der Waals surface area contributed by atoms with Gasteiger partial charge in [0.15, 0.2) is 0 Å². The van der Waals surface area contributed by atoms with E-state index in [0.29, 0.717) is 16.9 Å². The van der Waals surface area contributed by atoms with Gasteiger partial charge in [0.25, 0.3) is 10.0 Å². The van der Waals surface area contributed by atoms with Crippen molar-refractivity contribution in [1.82, 2.24) is 9.13 Å². The van der Waals surface area contributed by atoms with Crippen LogP contribution in [0.1, 0.15) is 12.5 Å². The van der Waals surface area contributed by atoms with Gasteiger partial charge in [0.2, 0.25) is 5.91 Å². The minimum atomic E-state index is -3.98. The molecule has 1 heterocycles. The maximum absolute atomic E-state index is 13.4. The van der Waals surface area contributed by atoms with Crippen LogP contribution >= 0.6 is 0 Å². The first-order chi connectivity index (χ1) is 16.2. The molecular weight excluding hydrogens is 452 g/mol. The number of anilines is 2. The molecule has 4 aromatic rings. The minimum Gasteiger partial charge on any atom is -0.324 e. The molecule has 0 unspecified atom stereocenters. The van der Waals surface area contributed by atoms with Gasteiger partial charge in [-0.1, -0.05) is 37.3 Å². The third-order valence-corrected chi connectivity index (χ3v) is 7.59. The highest BCUT2D eigenvalue weighted by atomic mass is 32.2. The molecule has 0 saturated carbocycles. The van der Waals surface area contributed by atoms with E-state index in [9.17, 15) is 18.0 Å². The molecule has 1 aromatic heterocycles. The third-order valence-electron chi connectivity index (χ3n) is 5.81. The lowest BCUT2D eigenvalue weighted by molar-refractivity contribution is -0.114. The maximum Gasteiger partial charge on any atom is 0.328 e. The van der Waals surface area contributed by atoms with Gasteiger partial charge in [-0.25, -0.2) is 13.2 Å². The number of aromatic nitrogens is 2. The standard InChI is InChI=1S/C25H26N4O4S/c1-4-18-10-13-20(14-11-18)29(34(32,33)21-8-6-5-7-9-21)17-24(30)26-19-12-15-22-23(16-19)28(3)25(31)27(22)2/h5-16H,4,17H2,1-3H3,(H,26,30). The largest absolute Gasteiger partial charge is 0.328 e. The molecule has 1 amide bonds. The van der Waals surface area contributed by atoms with Crippen LogP contribution in [-0.4, -0.2) is 30.0 Å². The summed E-state index contributed by atoms with van der Waals surface area (Å²) in [5.41, 5.74) is 3.15. The monoisotopic (exact) mass is 478 g/mol. The van der Waals surface area contributed by atoms with Gasteiger partial charge in [-0.2, -0.15) is 0 Å². The Morgan fingerprint density at radius 1 is 0.912 bits per heavy atom. The van der Waals surface area contributed by atoms with Crippen molar-refractivity contribution in [3.63, 3.8) is 0 Å². The number of aryl methyl sites for hydroxylation is 3. The van der Waals surface area contributed by atoms with Crippen molar-refractivity contribution < 1.29 is 13.2 Å². The molecule has 0 atom stereocenters. The van der Waals surface area contributed by atoms with Gasteiger partial charge in [-0.15, -0.1) is 0 Å². The molecule has 0 bridgehead atoms. The molecule has 0 aliphatic heterocycles. The lowest BCUT2D eigenvalue weighted by Gasteiger charge is -2.24. The van der Waals surface area contributed by atoms with E-state index in [-0.39, 0.29) is 10.6 Å². The molecular formula is C25H26N4O4S. The van der Waals surface area contributed by atoms with Crippen molar-refractivity contribution in [2.24, 2.45) is 14.1 Å². The van der Waals surface area contributed by atoms with E-state index in [1.54, 1.807) is 62.6 Å². The van der Waals surface area contributed by atoms with E-state index in [0.717, 1.165) is 21.8 Å². The molecule has 0 fully saturated rings. The molecule has 9 heteroatoms. The minimum absolute atomic E-state index is 0.100. The molecule has 8 nitrogen and oxygen atoms in total. The van der Waals surface area contributed by atoms with Crippen molar-refractivity contribution >= 4 is 38.3 Å². The van der Waals surface area contributed by atoms with Gasteiger partial charge in [0.1, 0.15) is 6.54 Å². The number of nitrogens with one attached hydrogen (secondary N) is 1. The molecule has 34 heavy (non-hydrogen) atoms. The highest BCUT2D eigenvalue weighted by Crippen LogP contribution is 2.25. The van der Waals surface area contributed by atoms with Crippen molar-refractivity contribution in [1.29, 1.82) is 0 Å². The van der Waals surface area contributed by atoms with Gasteiger partial charge < -0.3 is 5.32 Å². The summed E-state index contributed by atoms with van der Waals surface area (Å²) < 4.78 is 31.0. The molecule has 0 aliphatic rings. The number of nitrogens with zero attached hydrogens (tertiary/aromatic N) is 3. The Balaban J connectivity index is 1.66. The quantitative estimate of drug-likeness (QED) is 0.441. The van der Waals surface area contributed by atoms with Crippen molar-refractivity contribution in [3.05, 3.63) is 88.8 Å². The first-order valence-corrected chi connectivity index (χ1v) is 12.3. The Morgan fingerprint density at radius 2 is 1.56 bits per heavy atom. The van der Waals surface area contributed by atoms with Crippen LogP contribution in [0, 0.1) is 0 Å². The summed E-state index contributed by atoms with van der Waals surface area (Å²) in [6, 6.07) is 20.3. The van der Waals surface area contributed by atoms with Crippen molar-refractivity contribution in [2.75, 3.05) is 16.2 Å². The summed E-state index contributed by atoms with van der Waals surface area (Å²) in [6.45, 7) is 1.61. The lowest BCUT2D eigenvalue weighted by Crippen LogP contribution is -2.38. The van der Waals surface area contributed by atoms with Gasteiger partial charge in [-0.3, -0.25) is 18.2 Å². The highest BCUT2D eigenvalue weighted by Gasteiger charge is 2.27. The summed E-state index contributed by atoms with van der Waals surface area (Å²) in [4.78, 5) is 25.3. The summed E-state index contributed by atoms with van der Waals surface area (Å²) in [5.74, 6) is -0.501. The summed E-state index contributed by atoms with van der Waals surface area (Å²) in [6.07, 6.45) is 0.816. The predicted octanol–water partition coefficient (Wildman–Crippen LogP) is 3.27. The van der Waals surface area contributed by atoms with Crippen LogP contribution in [0.25, 0.3) is 11.0 Å². The summed E-state index contributed by atoms with van der Waals surface area (Å²) in [7, 11) is -0.644. The zero-order valence-corrected chi connectivity index (χ0v) is 20.0. The summed E-state index contributed by atoms with van der Waals surface area (Å²) >= 11 is 0. The van der Waals surface area contributed by atoms with E-state index < -0.39 is 22.5 Å². The molecule has 0 spiro atoms. The molecule has 4 rings (SSSR count). The van der Waals surface area contributed by atoms with Crippen LogP contribution in [0.5, 0.6) is 0 Å². The molecule has 1 N–H and O–H groups in total. The van der Waals surface area contributed by atoms with E-state index in [2.05, 4.69) is 5.32 Å². The van der Waals surface area contributed by atoms with Crippen LogP contribution in [-0.2, 0) is 35.3 Å². The fourth-order valence-corrected chi connectivity index (χ4v) is 5.29. The molecule has 0 saturated heterocycles. The van der Waals surface area contributed by atoms with Gasteiger partial charge in [0.05, 0.1) is 21.6 Å². The van der Waals surface area contributed by atoms with E-state index in [4.69, 9.17) is 0 Å². The molecule has 3 aromatic carbocycles. The average molecular weight is 479 g/mol. The first-order valence-electron chi connectivity index (χ1n) is 10.8. The second kappa shape index (κ2) is 9.18. The number of benzene rings is 3. The first kappa shape index (κ1) is 23.3. The zero-order valence-electron chi connectivity index (χ0n) is 19.2. The number of carbonyl (C=O) groups is 1. The topological polar surface area (TPSA) is 93.4 Å². The number of amides is 1. The number of hydrogen-bond donors (Lipinski definition) is 1. The lowest BCUT2D eigenvalue weighted by atomic mass is 10.1. The van der Waals surface area contributed by atoms with E-state index >= 15 is 0 Å². The number of fused-ring (bicyclic) bond motifs is 1. The predicted molar refractivity (Wildman–Crippen MR) is 134 cm³/mol. The van der Waals surface area contributed by atoms with Crippen molar-refractivity contribution in [2.45, 2.75) is 18.2 Å². The van der Waals surface area contributed by atoms with Crippen LogP contribution < -0.4 is 15.3 Å². The van der Waals surface area contributed by atoms with Crippen LogP contribution in [0.2, 0.25) is 0 Å². The number of sulfonamides is 1. The number of carbonyl (C=O) groups excluding carboxylic acids is 1. The Bertz CT molecular complexity index is 1500. The van der Waals surface area contributed by atoms with E-state index in [1.165, 1.54) is 21.3 Å². The Hall–Kier alpha value is -3.85. The van der Waals surface area contributed by atoms with Gasteiger partial charge in [-0.05, 0) is 54.4 Å². The Labute approximate surface area is 198 Å². The highest BCUT2D eigenvalue weighted by molar-refractivity contribution is 7.92. The second-order valence-corrected chi connectivity index (χ2v) is 9.86. The summed E-state index contributed by atoms with van der Waals surface area (Å²) in [5, 5.41) is 2.77. The van der Waals surface area contributed by atoms with Gasteiger partial charge in [0, 0.05) is 19.8 Å². The van der Waals surface area contributed by atoms with E-state index in [1.807, 2.05) is 19.1 Å². The molecule has 176 valence electrons. The molecule has 0 radical (unpaired) electrons. The fourth-order valence-electron chi connectivity index (χ4n) is 3.85. The smallest absolute Gasteiger partial charge is 0.324 e. The molecule has 0 aliphatic carbocycles. The number of imidazole rings is 1. The van der Waals surface area contributed by atoms with Gasteiger partial charge >= 0.3 is 5.69 Å². The maximum atomic E-state index is 13.4. The van der Waals surface area contributed by atoms with Crippen LogP contribution in [0.4, 0.5) is 11.4 Å². The van der Waals surface area contributed by atoms with Crippen LogP contribution in [0.15, 0.2) is 82.5 Å². The van der Waals surface area contributed by atoms with Crippen LogP contribution in [0.3, 0.4) is 0 Å². The second-order valence-electron chi connectivity index (χ2n) is 8.00. The Morgan fingerprint density at radius 3 is 2.21 bits per heavy atom. The zero-order chi connectivity index (χ0) is 24.5. The number of rotatable bonds is 7. The van der Waals surface area contributed by atoms with Crippen molar-refractivity contribution in [3.8, 4) is 0 Å². The fraction of sp³-hybridized carbons (Fsp3) is 0.200. The Kier molecular flexibility index (Phi) is 6.30. The normalized spacial score (nSPS) is 11.5. The number of hydrogen-bond acceptors (Lipinski definition) is 4. The third kappa shape index (κ3) is 4.34. The average Bonchev–Trinajstić information content (AvgIpc) is 3.06. The SMILES string of the molecule is CCc1ccc(N(CC(=O)Nc2ccc3c(c2)n(C)c(=O)n3C)S(=O)(=O)c2ccccc2)cc1.